The maximum absolute atomic E-state index is 12.5. The molecule has 0 radical (unpaired) electrons. The molecule has 7 heteroatoms. The van der Waals surface area contributed by atoms with E-state index in [-0.39, 0.29) is 11.8 Å². The highest BCUT2D eigenvalue weighted by Gasteiger charge is 2.22. The van der Waals surface area contributed by atoms with Crippen molar-refractivity contribution in [3.8, 4) is 0 Å². The summed E-state index contributed by atoms with van der Waals surface area (Å²) in [5.74, 6) is -0.476. The Kier molecular flexibility index (Phi) is 6.13. The zero-order valence-corrected chi connectivity index (χ0v) is 17.9. The first kappa shape index (κ1) is 20.5. The third-order valence-electron chi connectivity index (χ3n) is 4.52. The van der Waals surface area contributed by atoms with Crippen molar-refractivity contribution in [2.75, 3.05) is 5.32 Å². The molecule has 1 aliphatic rings. The largest absolute Gasteiger partial charge is 0.348 e. The minimum atomic E-state index is -0.241. The summed E-state index contributed by atoms with van der Waals surface area (Å²) in [5, 5.41) is 6.89. The summed E-state index contributed by atoms with van der Waals surface area (Å²) in [4.78, 5) is 26.5. The van der Waals surface area contributed by atoms with Gasteiger partial charge < -0.3 is 10.6 Å². The number of thioether (sulfide) groups is 1. The van der Waals surface area contributed by atoms with Gasteiger partial charge in [0.25, 0.3) is 11.8 Å². The zero-order valence-electron chi connectivity index (χ0n) is 15.6. The van der Waals surface area contributed by atoms with Crippen LogP contribution in [0.1, 0.15) is 21.5 Å². The van der Waals surface area contributed by atoms with E-state index in [0.717, 1.165) is 16.0 Å². The van der Waals surface area contributed by atoms with Crippen LogP contribution in [0.15, 0.2) is 76.5 Å². The number of hydrogen-bond acceptors (Lipinski definition) is 3. The van der Waals surface area contributed by atoms with Crippen LogP contribution in [0.5, 0.6) is 0 Å². The minimum absolute atomic E-state index is 0.235. The van der Waals surface area contributed by atoms with Gasteiger partial charge in [-0.3, -0.25) is 9.59 Å². The van der Waals surface area contributed by atoms with Gasteiger partial charge in [-0.05, 0) is 47.5 Å². The fourth-order valence-electron chi connectivity index (χ4n) is 2.95. The molecule has 0 saturated carbocycles. The van der Waals surface area contributed by atoms with Gasteiger partial charge in [-0.15, -0.1) is 0 Å². The lowest BCUT2D eigenvalue weighted by Gasteiger charge is -2.19. The molecule has 0 aromatic heterocycles. The first-order valence-corrected chi connectivity index (χ1v) is 10.7. The van der Waals surface area contributed by atoms with Crippen molar-refractivity contribution in [2.24, 2.45) is 0 Å². The van der Waals surface area contributed by atoms with Crippen LogP contribution in [-0.4, -0.2) is 11.8 Å². The molecule has 2 amide bonds. The van der Waals surface area contributed by atoms with Gasteiger partial charge in [0.05, 0.1) is 10.6 Å². The second kappa shape index (κ2) is 8.96. The zero-order chi connectivity index (χ0) is 21.1. The van der Waals surface area contributed by atoms with E-state index in [1.54, 1.807) is 30.3 Å². The summed E-state index contributed by atoms with van der Waals surface area (Å²) in [6.45, 7) is 0.321. The van der Waals surface area contributed by atoms with Crippen LogP contribution >= 0.6 is 35.0 Å². The second-order valence-electron chi connectivity index (χ2n) is 6.57. The van der Waals surface area contributed by atoms with Gasteiger partial charge in [-0.1, -0.05) is 71.4 Å². The van der Waals surface area contributed by atoms with E-state index in [0.29, 0.717) is 32.7 Å². The van der Waals surface area contributed by atoms with Crippen molar-refractivity contribution >= 4 is 58.5 Å². The summed E-state index contributed by atoms with van der Waals surface area (Å²) in [6, 6.07) is 19.9. The van der Waals surface area contributed by atoms with Gasteiger partial charge in [0.1, 0.15) is 0 Å². The molecule has 4 rings (SSSR count). The van der Waals surface area contributed by atoms with Gasteiger partial charge in [0, 0.05) is 27.0 Å². The Hall–Kier alpha value is -2.73. The third kappa shape index (κ3) is 4.54. The van der Waals surface area contributed by atoms with E-state index in [1.807, 2.05) is 42.5 Å². The summed E-state index contributed by atoms with van der Waals surface area (Å²) in [5.41, 5.74) is 2.67. The number of nitrogens with one attached hydrogen (secondary N) is 2. The molecule has 0 fully saturated rings. The van der Waals surface area contributed by atoms with Crippen LogP contribution in [0.4, 0.5) is 5.69 Å². The molecule has 0 atom stereocenters. The molecule has 1 aliphatic heterocycles. The summed E-state index contributed by atoms with van der Waals surface area (Å²) in [6.07, 6.45) is 1.76. The topological polar surface area (TPSA) is 58.2 Å². The number of rotatable bonds is 4. The molecule has 3 aromatic carbocycles. The van der Waals surface area contributed by atoms with Crippen molar-refractivity contribution in [1.29, 1.82) is 0 Å². The normalized spacial score (nSPS) is 14.2. The number of amides is 2. The highest BCUT2D eigenvalue weighted by atomic mass is 35.5. The molecular formula is C23H16Cl2N2O2S. The lowest BCUT2D eigenvalue weighted by Crippen LogP contribution is -2.24. The van der Waals surface area contributed by atoms with Gasteiger partial charge in [0.2, 0.25) is 0 Å². The van der Waals surface area contributed by atoms with Crippen molar-refractivity contribution in [3.05, 3.63) is 98.4 Å². The number of anilines is 1. The molecule has 4 nitrogen and oxygen atoms in total. The number of fused-ring (bicyclic) bond motifs is 1. The molecule has 3 aromatic rings. The van der Waals surface area contributed by atoms with E-state index in [2.05, 4.69) is 10.6 Å². The van der Waals surface area contributed by atoms with Crippen molar-refractivity contribution in [1.82, 2.24) is 5.32 Å². The molecule has 0 unspecified atom stereocenters. The first-order chi connectivity index (χ1) is 14.5. The maximum atomic E-state index is 12.5. The van der Waals surface area contributed by atoms with Crippen molar-refractivity contribution in [3.63, 3.8) is 0 Å². The van der Waals surface area contributed by atoms with Crippen LogP contribution in [0.3, 0.4) is 0 Å². The van der Waals surface area contributed by atoms with E-state index in [4.69, 9.17) is 23.2 Å². The van der Waals surface area contributed by atoms with Crippen molar-refractivity contribution < 1.29 is 9.59 Å². The Morgan fingerprint density at radius 1 is 1.00 bits per heavy atom. The Morgan fingerprint density at radius 2 is 1.73 bits per heavy atom. The molecule has 0 bridgehead atoms. The summed E-state index contributed by atoms with van der Waals surface area (Å²) >= 11 is 13.7. The second-order valence-corrected chi connectivity index (χ2v) is 8.47. The predicted octanol–water partition coefficient (Wildman–Crippen LogP) is 6.01. The van der Waals surface area contributed by atoms with Gasteiger partial charge in [0.15, 0.2) is 0 Å². The van der Waals surface area contributed by atoms with Crippen LogP contribution in [-0.2, 0) is 11.3 Å². The molecular weight excluding hydrogens is 439 g/mol. The van der Waals surface area contributed by atoms with E-state index >= 15 is 0 Å². The average molecular weight is 455 g/mol. The number of hydrogen-bond donors (Lipinski definition) is 2. The summed E-state index contributed by atoms with van der Waals surface area (Å²) in [7, 11) is 0. The van der Waals surface area contributed by atoms with Crippen LogP contribution in [0.2, 0.25) is 10.0 Å². The standard InChI is InChI=1S/C23H16Cl2N2O2S/c24-17-7-3-1-5-14(17)12-21-23(29)27-19-11-15(9-10-20(19)30-21)22(28)26-13-16-6-2-4-8-18(16)25/h1-12H,13H2,(H,26,28)(H,27,29). The quantitative estimate of drug-likeness (QED) is 0.474. The van der Waals surface area contributed by atoms with E-state index < -0.39 is 0 Å². The Bertz CT molecular complexity index is 1180. The maximum Gasteiger partial charge on any atom is 0.262 e. The lowest BCUT2D eigenvalue weighted by atomic mass is 10.1. The van der Waals surface area contributed by atoms with Gasteiger partial charge >= 0.3 is 0 Å². The lowest BCUT2D eigenvalue weighted by molar-refractivity contribution is -0.112. The molecule has 0 saturated heterocycles. The summed E-state index contributed by atoms with van der Waals surface area (Å²) < 4.78 is 0. The van der Waals surface area contributed by atoms with Crippen LogP contribution in [0.25, 0.3) is 6.08 Å². The third-order valence-corrected chi connectivity index (χ3v) is 6.33. The molecule has 2 N–H and O–H groups in total. The molecule has 0 aliphatic carbocycles. The van der Waals surface area contributed by atoms with Crippen LogP contribution in [0, 0.1) is 0 Å². The first-order valence-electron chi connectivity index (χ1n) is 9.12. The van der Waals surface area contributed by atoms with Crippen molar-refractivity contribution in [2.45, 2.75) is 11.4 Å². The predicted molar refractivity (Wildman–Crippen MR) is 123 cm³/mol. The number of carbonyl (C=O) groups excluding carboxylic acids is 2. The number of benzene rings is 3. The highest BCUT2D eigenvalue weighted by molar-refractivity contribution is 8.04. The average Bonchev–Trinajstić information content (AvgIpc) is 2.74. The highest BCUT2D eigenvalue weighted by Crippen LogP contribution is 2.39. The SMILES string of the molecule is O=C1Nc2cc(C(=O)NCc3ccccc3Cl)ccc2SC1=Cc1ccccc1Cl. The smallest absolute Gasteiger partial charge is 0.262 e. The Balaban J connectivity index is 1.50. The number of carbonyl (C=O) groups is 2. The molecule has 30 heavy (non-hydrogen) atoms. The Labute approximate surface area is 188 Å². The van der Waals surface area contributed by atoms with Gasteiger partial charge in [-0.25, -0.2) is 0 Å². The Morgan fingerprint density at radius 3 is 2.50 bits per heavy atom. The van der Waals surface area contributed by atoms with E-state index in [9.17, 15) is 9.59 Å². The van der Waals surface area contributed by atoms with Gasteiger partial charge in [-0.2, -0.15) is 0 Å². The fourth-order valence-corrected chi connectivity index (χ4v) is 4.27. The molecule has 150 valence electrons. The van der Waals surface area contributed by atoms with E-state index in [1.165, 1.54) is 11.8 Å². The fraction of sp³-hybridized carbons (Fsp3) is 0.0435. The minimum Gasteiger partial charge on any atom is -0.348 e. The monoisotopic (exact) mass is 454 g/mol. The van der Waals surface area contributed by atoms with Crippen LogP contribution < -0.4 is 10.6 Å². The number of halogens is 2. The molecule has 0 spiro atoms. The molecule has 1 heterocycles.